The predicted octanol–water partition coefficient (Wildman–Crippen LogP) is 3.14. The van der Waals surface area contributed by atoms with Crippen molar-refractivity contribution in [1.29, 1.82) is 0 Å². The van der Waals surface area contributed by atoms with Crippen molar-refractivity contribution in [3.05, 3.63) is 35.4 Å². The zero-order valence-corrected chi connectivity index (χ0v) is 15.8. The molecule has 2 aliphatic carbocycles. The van der Waals surface area contributed by atoms with Crippen LogP contribution in [0.5, 0.6) is 0 Å². The predicted molar refractivity (Wildman–Crippen MR) is 99.8 cm³/mol. The molecular formula is C20H29N5O. The number of hydrogen-bond acceptors (Lipinski definition) is 3. The lowest BCUT2D eigenvalue weighted by atomic mass is 9.82. The molecule has 1 unspecified atom stereocenters. The molecule has 140 valence electrons. The SMILES string of the molecule is Cc1cc(C)n(C(c2ccn(CC(=O)NC3CC3)n2)C2CCCCC2)n1. The summed E-state index contributed by atoms with van der Waals surface area (Å²) < 4.78 is 3.93. The third-order valence-corrected chi connectivity index (χ3v) is 5.62. The summed E-state index contributed by atoms with van der Waals surface area (Å²) in [4.78, 5) is 12.1. The lowest BCUT2D eigenvalue weighted by molar-refractivity contribution is -0.122. The normalized spacial score (nSPS) is 19.5. The van der Waals surface area contributed by atoms with Crippen molar-refractivity contribution in [2.45, 2.75) is 77.4 Å². The Bertz CT molecular complexity index is 767. The molecule has 0 spiro atoms. The van der Waals surface area contributed by atoms with Crippen molar-refractivity contribution in [2.24, 2.45) is 5.92 Å². The second-order valence-electron chi connectivity index (χ2n) is 7.99. The lowest BCUT2D eigenvalue weighted by Crippen LogP contribution is -2.30. The molecule has 2 saturated carbocycles. The Morgan fingerprint density at radius 1 is 1.19 bits per heavy atom. The average molecular weight is 355 g/mol. The van der Waals surface area contributed by atoms with E-state index in [-0.39, 0.29) is 11.9 Å². The van der Waals surface area contributed by atoms with Gasteiger partial charge < -0.3 is 5.32 Å². The van der Waals surface area contributed by atoms with Gasteiger partial charge in [-0.05, 0) is 57.6 Å². The van der Waals surface area contributed by atoms with E-state index in [0.29, 0.717) is 18.5 Å². The van der Waals surface area contributed by atoms with Gasteiger partial charge in [0.1, 0.15) is 6.54 Å². The van der Waals surface area contributed by atoms with Gasteiger partial charge in [-0.1, -0.05) is 19.3 Å². The Balaban J connectivity index is 1.57. The molecule has 0 bridgehead atoms. The number of aromatic nitrogens is 4. The fraction of sp³-hybridized carbons (Fsp3) is 0.650. The largest absolute Gasteiger partial charge is 0.352 e. The molecule has 0 aliphatic heterocycles. The molecule has 0 saturated heterocycles. The minimum Gasteiger partial charge on any atom is -0.352 e. The number of amides is 1. The first kappa shape index (κ1) is 17.3. The van der Waals surface area contributed by atoms with E-state index < -0.39 is 0 Å². The summed E-state index contributed by atoms with van der Waals surface area (Å²) in [7, 11) is 0. The number of nitrogens with one attached hydrogen (secondary N) is 1. The van der Waals surface area contributed by atoms with Crippen molar-refractivity contribution in [1.82, 2.24) is 24.9 Å². The summed E-state index contributed by atoms with van der Waals surface area (Å²) in [6.07, 6.45) is 10.5. The molecule has 0 radical (unpaired) electrons. The van der Waals surface area contributed by atoms with E-state index in [0.717, 1.165) is 24.2 Å². The summed E-state index contributed by atoms with van der Waals surface area (Å²) in [5.74, 6) is 0.618. The maximum absolute atomic E-state index is 12.1. The van der Waals surface area contributed by atoms with Crippen LogP contribution in [0.2, 0.25) is 0 Å². The molecule has 2 aliphatic rings. The first-order valence-corrected chi connectivity index (χ1v) is 9.95. The molecule has 4 rings (SSSR count). The van der Waals surface area contributed by atoms with Crippen molar-refractivity contribution in [3.63, 3.8) is 0 Å². The highest BCUT2D eigenvalue weighted by Gasteiger charge is 2.30. The van der Waals surface area contributed by atoms with Gasteiger partial charge in [-0.3, -0.25) is 14.2 Å². The average Bonchev–Trinajstić information content (AvgIpc) is 3.21. The lowest BCUT2D eigenvalue weighted by Gasteiger charge is -2.30. The summed E-state index contributed by atoms with van der Waals surface area (Å²) >= 11 is 0. The topological polar surface area (TPSA) is 64.7 Å². The quantitative estimate of drug-likeness (QED) is 0.866. The van der Waals surface area contributed by atoms with Gasteiger partial charge in [-0.25, -0.2) is 0 Å². The molecule has 2 fully saturated rings. The highest BCUT2D eigenvalue weighted by molar-refractivity contribution is 5.76. The highest BCUT2D eigenvalue weighted by atomic mass is 16.2. The first-order chi connectivity index (χ1) is 12.6. The van der Waals surface area contributed by atoms with Crippen LogP contribution in [0.25, 0.3) is 0 Å². The highest BCUT2D eigenvalue weighted by Crippen LogP contribution is 2.37. The molecule has 26 heavy (non-hydrogen) atoms. The van der Waals surface area contributed by atoms with E-state index in [1.54, 1.807) is 4.68 Å². The fourth-order valence-corrected chi connectivity index (χ4v) is 4.22. The Morgan fingerprint density at radius 2 is 1.96 bits per heavy atom. The summed E-state index contributed by atoms with van der Waals surface area (Å²) in [6, 6.07) is 4.76. The molecule has 1 N–H and O–H groups in total. The van der Waals surface area contributed by atoms with Crippen LogP contribution in [0.4, 0.5) is 0 Å². The van der Waals surface area contributed by atoms with Crippen molar-refractivity contribution < 1.29 is 4.79 Å². The van der Waals surface area contributed by atoms with Crippen LogP contribution in [0, 0.1) is 19.8 Å². The Kier molecular flexibility index (Phi) is 4.83. The van der Waals surface area contributed by atoms with Crippen LogP contribution in [0.1, 0.15) is 68.1 Å². The van der Waals surface area contributed by atoms with E-state index in [1.165, 1.54) is 37.8 Å². The van der Waals surface area contributed by atoms with E-state index in [9.17, 15) is 4.79 Å². The Labute approximate surface area is 155 Å². The number of nitrogens with zero attached hydrogens (tertiary/aromatic N) is 4. The minimum atomic E-state index is 0.0579. The van der Waals surface area contributed by atoms with Gasteiger partial charge in [0.25, 0.3) is 0 Å². The van der Waals surface area contributed by atoms with Crippen LogP contribution in [-0.2, 0) is 11.3 Å². The molecule has 2 aromatic heterocycles. The molecule has 6 heteroatoms. The number of rotatable bonds is 6. The summed E-state index contributed by atoms with van der Waals surface area (Å²) in [5, 5.41) is 12.6. The third kappa shape index (κ3) is 3.84. The zero-order valence-electron chi connectivity index (χ0n) is 15.8. The maximum Gasteiger partial charge on any atom is 0.241 e. The van der Waals surface area contributed by atoms with Gasteiger partial charge in [-0.15, -0.1) is 0 Å². The van der Waals surface area contributed by atoms with Gasteiger partial charge >= 0.3 is 0 Å². The van der Waals surface area contributed by atoms with E-state index in [2.05, 4.69) is 29.1 Å². The fourth-order valence-electron chi connectivity index (χ4n) is 4.22. The molecule has 0 aromatic carbocycles. The zero-order chi connectivity index (χ0) is 18.1. The van der Waals surface area contributed by atoms with Crippen LogP contribution in [-0.4, -0.2) is 31.5 Å². The second kappa shape index (κ2) is 7.25. The molecule has 2 aromatic rings. The van der Waals surface area contributed by atoms with Crippen LogP contribution >= 0.6 is 0 Å². The van der Waals surface area contributed by atoms with Crippen molar-refractivity contribution >= 4 is 5.91 Å². The standard InChI is InChI=1S/C20H29N5O/c1-14-12-15(2)25(22-14)20(16-6-4-3-5-7-16)18-10-11-24(23-18)13-19(26)21-17-8-9-17/h10-12,16-17,20H,3-9,13H2,1-2H3,(H,21,26). The minimum absolute atomic E-state index is 0.0579. The van der Waals surface area contributed by atoms with Crippen LogP contribution < -0.4 is 5.32 Å². The van der Waals surface area contributed by atoms with Gasteiger partial charge in [0.2, 0.25) is 5.91 Å². The first-order valence-electron chi connectivity index (χ1n) is 9.95. The number of hydrogen-bond donors (Lipinski definition) is 1. The van der Waals surface area contributed by atoms with Crippen LogP contribution in [0.3, 0.4) is 0 Å². The van der Waals surface area contributed by atoms with Gasteiger partial charge in [0.15, 0.2) is 0 Å². The molecule has 2 heterocycles. The number of aryl methyl sites for hydroxylation is 2. The van der Waals surface area contributed by atoms with Gasteiger partial charge in [0, 0.05) is 17.9 Å². The number of carbonyl (C=O) groups excluding carboxylic acids is 1. The molecular weight excluding hydrogens is 326 g/mol. The monoisotopic (exact) mass is 355 g/mol. The van der Waals surface area contributed by atoms with E-state index in [1.807, 2.05) is 13.1 Å². The van der Waals surface area contributed by atoms with Crippen molar-refractivity contribution in [2.75, 3.05) is 0 Å². The van der Waals surface area contributed by atoms with Gasteiger partial charge in [0.05, 0.1) is 17.4 Å². The van der Waals surface area contributed by atoms with Crippen LogP contribution in [0.15, 0.2) is 18.3 Å². The summed E-state index contributed by atoms with van der Waals surface area (Å²) in [6.45, 7) is 4.46. The number of carbonyl (C=O) groups is 1. The smallest absolute Gasteiger partial charge is 0.241 e. The van der Waals surface area contributed by atoms with E-state index >= 15 is 0 Å². The summed E-state index contributed by atoms with van der Waals surface area (Å²) in [5.41, 5.74) is 3.26. The Morgan fingerprint density at radius 3 is 2.62 bits per heavy atom. The molecule has 1 atom stereocenters. The van der Waals surface area contributed by atoms with Crippen molar-refractivity contribution in [3.8, 4) is 0 Å². The Hall–Kier alpha value is -2.11. The van der Waals surface area contributed by atoms with Gasteiger partial charge in [-0.2, -0.15) is 10.2 Å². The second-order valence-corrected chi connectivity index (χ2v) is 7.99. The third-order valence-electron chi connectivity index (χ3n) is 5.62. The molecule has 6 nitrogen and oxygen atoms in total. The molecule has 1 amide bonds. The maximum atomic E-state index is 12.1. The van der Waals surface area contributed by atoms with E-state index in [4.69, 9.17) is 10.2 Å².